The van der Waals surface area contributed by atoms with Crippen LogP contribution in [0.4, 0.5) is 0 Å². The first-order chi connectivity index (χ1) is 14.6. The SMILES string of the molecule is COc1ccc(C[NH+]2CCN(C(=O)C3(c4ccc(Cl)cc4)CCC3)CC2)cc1OC. The summed E-state index contributed by atoms with van der Waals surface area (Å²) in [6.45, 7) is 4.44. The van der Waals surface area contributed by atoms with E-state index in [0.29, 0.717) is 10.9 Å². The summed E-state index contributed by atoms with van der Waals surface area (Å²) in [5.41, 5.74) is 1.99. The van der Waals surface area contributed by atoms with Crippen LogP contribution in [0.3, 0.4) is 0 Å². The third kappa shape index (κ3) is 4.01. The summed E-state index contributed by atoms with van der Waals surface area (Å²) in [7, 11) is 3.31. The Labute approximate surface area is 183 Å². The number of benzene rings is 2. The van der Waals surface area contributed by atoms with Crippen molar-refractivity contribution in [2.75, 3.05) is 40.4 Å². The van der Waals surface area contributed by atoms with Crippen LogP contribution in [0.2, 0.25) is 5.02 Å². The number of carbonyl (C=O) groups excluding carboxylic acids is 1. The molecule has 1 aliphatic carbocycles. The minimum Gasteiger partial charge on any atom is -0.493 e. The second-order valence-corrected chi connectivity index (χ2v) is 8.79. The molecule has 1 amide bonds. The number of hydrogen-bond donors (Lipinski definition) is 1. The molecule has 1 heterocycles. The van der Waals surface area contributed by atoms with Gasteiger partial charge in [0.25, 0.3) is 0 Å². The van der Waals surface area contributed by atoms with Crippen molar-refractivity contribution < 1.29 is 19.2 Å². The predicted octanol–water partition coefficient (Wildman–Crippen LogP) is 2.71. The highest BCUT2D eigenvalue weighted by Gasteiger charge is 2.48. The van der Waals surface area contributed by atoms with Gasteiger partial charge in [-0.25, -0.2) is 0 Å². The topological polar surface area (TPSA) is 43.2 Å². The van der Waals surface area contributed by atoms with Crippen molar-refractivity contribution in [1.29, 1.82) is 0 Å². The van der Waals surface area contributed by atoms with Crippen molar-refractivity contribution in [3.05, 3.63) is 58.6 Å². The molecule has 0 radical (unpaired) electrons. The van der Waals surface area contributed by atoms with E-state index < -0.39 is 0 Å². The van der Waals surface area contributed by atoms with Gasteiger partial charge in [0, 0.05) is 10.6 Å². The lowest BCUT2D eigenvalue weighted by atomic mass is 9.63. The van der Waals surface area contributed by atoms with Gasteiger partial charge >= 0.3 is 0 Å². The van der Waals surface area contributed by atoms with E-state index in [2.05, 4.69) is 11.0 Å². The van der Waals surface area contributed by atoms with Gasteiger partial charge in [-0.3, -0.25) is 4.79 Å². The number of rotatable bonds is 6. The molecule has 2 aliphatic rings. The van der Waals surface area contributed by atoms with Gasteiger partial charge in [-0.2, -0.15) is 0 Å². The monoisotopic (exact) mass is 429 g/mol. The number of halogens is 1. The van der Waals surface area contributed by atoms with E-state index in [1.54, 1.807) is 14.2 Å². The summed E-state index contributed by atoms with van der Waals surface area (Å²) in [6, 6.07) is 13.9. The molecule has 2 aromatic rings. The second-order valence-electron chi connectivity index (χ2n) is 8.35. The Morgan fingerprint density at radius 1 is 1.03 bits per heavy atom. The van der Waals surface area contributed by atoms with Gasteiger partial charge in [-0.05, 0) is 48.7 Å². The van der Waals surface area contributed by atoms with Crippen LogP contribution >= 0.6 is 11.6 Å². The molecule has 1 aliphatic heterocycles. The third-order valence-corrected chi connectivity index (χ3v) is 6.93. The zero-order chi connectivity index (χ0) is 21.1. The van der Waals surface area contributed by atoms with Crippen LogP contribution in [0, 0.1) is 0 Å². The van der Waals surface area contributed by atoms with E-state index in [-0.39, 0.29) is 5.41 Å². The average Bonchev–Trinajstić information content (AvgIpc) is 2.74. The Kier molecular flexibility index (Phi) is 6.21. The zero-order valence-corrected chi connectivity index (χ0v) is 18.5. The van der Waals surface area contributed by atoms with Crippen LogP contribution in [-0.2, 0) is 16.8 Å². The Bertz CT molecular complexity index is 888. The summed E-state index contributed by atoms with van der Waals surface area (Å²) in [4.78, 5) is 17.0. The minimum absolute atomic E-state index is 0.293. The van der Waals surface area contributed by atoms with Gasteiger partial charge < -0.3 is 19.3 Å². The Hall–Kier alpha value is -2.24. The van der Waals surface area contributed by atoms with Crippen LogP contribution in [0.25, 0.3) is 0 Å². The van der Waals surface area contributed by atoms with E-state index >= 15 is 0 Å². The van der Waals surface area contributed by atoms with Crippen molar-refractivity contribution in [2.24, 2.45) is 0 Å². The Morgan fingerprint density at radius 3 is 2.27 bits per heavy atom. The van der Waals surface area contributed by atoms with Crippen LogP contribution < -0.4 is 14.4 Å². The number of amides is 1. The Morgan fingerprint density at radius 2 is 1.70 bits per heavy atom. The molecular weight excluding hydrogens is 400 g/mol. The van der Waals surface area contributed by atoms with E-state index in [9.17, 15) is 4.79 Å². The molecule has 160 valence electrons. The molecule has 4 rings (SSSR count). The lowest BCUT2D eigenvalue weighted by Gasteiger charge is -2.45. The van der Waals surface area contributed by atoms with E-state index in [1.165, 1.54) is 10.5 Å². The Balaban J connectivity index is 1.38. The van der Waals surface area contributed by atoms with E-state index in [4.69, 9.17) is 21.1 Å². The molecule has 2 fully saturated rings. The molecule has 2 aromatic carbocycles. The highest BCUT2D eigenvalue weighted by Crippen LogP contribution is 2.45. The molecule has 5 nitrogen and oxygen atoms in total. The van der Waals surface area contributed by atoms with Gasteiger partial charge in [0.1, 0.15) is 6.54 Å². The van der Waals surface area contributed by atoms with Crippen LogP contribution in [0.1, 0.15) is 30.4 Å². The second kappa shape index (κ2) is 8.86. The van der Waals surface area contributed by atoms with Gasteiger partial charge in [0.05, 0.1) is 45.8 Å². The molecule has 1 saturated heterocycles. The minimum atomic E-state index is -0.342. The average molecular weight is 430 g/mol. The first kappa shape index (κ1) is 21.0. The third-order valence-electron chi connectivity index (χ3n) is 6.67. The van der Waals surface area contributed by atoms with Gasteiger partial charge in [0.2, 0.25) is 5.91 Å². The smallest absolute Gasteiger partial charge is 0.233 e. The number of quaternary nitrogens is 1. The molecule has 1 N–H and O–H groups in total. The first-order valence-corrected chi connectivity index (χ1v) is 11.0. The quantitative estimate of drug-likeness (QED) is 0.767. The maximum atomic E-state index is 13.5. The number of nitrogens with one attached hydrogen (secondary N) is 1. The van der Waals surface area contributed by atoms with Crippen molar-refractivity contribution in [3.8, 4) is 11.5 Å². The van der Waals surface area contributed by atoms with Crippen LogP contribution in [-0.4, -0.2) is 51.2 Å². The summed E-state index contributed by atoms with van der Waals surface area (Å²) in [5, 5.41) is 0.716. The van der Waals surface area contributed by atoms with Crippen molar-refractivity contribution in [1.82, 2.24) is 4.90 Å². The van der Waals surface area contributed by atoms with Crippen molar-refractivity contribution in [2.45, 2.75) is 31.2 Å². The standard InChI is InChI=1S/C24H29ClN2O3/c1-29-21-9-4-18(16-22(21)30-2)17-26-12-14-27(15-13-26)23(28)24(10-3-11-24)19-5-7-20(25)8-6-19/h4-9,16H,3,10-15,17H2,1-2H3/p+1. The van der Waals surface area contributed by atoms with Gasteiger partial charge in [-0.15, -0.1) is 0 Å². The maximum Gasteiger partial charge on any atom is 0.233 e. The number of ether oxygens (including phenoxy) is 2. The lowest BCUT2D eigenvalue weighted by Crippen LogP contribution is -3.13. The first-order valence-electron chi connectivity index (χ1n) is 10.7. The molecular formula is C24H30ClN2O3+. The van der Waals surface area contributed by atoms with Crippen molar-refractivity contribution >= 4 is 17.5 Å². The summed E-state index contributed by atoms with van der Waals surface area (Å²) in [6.07, 6.45) is 2.98. The largest absolute Gasteiger partial charge is 0.493 e. The number of hydrogen-bond acceptors (Lipinski definition) is 3. The number of methoxy groups -OCH3 is 2. The number of piperazine rings is 1. The molecule has 30 heavy (non-hydrogen) atoms. The van der Waals surface area contributed by atoms with Gasteiger partial charge in [0.15, 0.2) is 11.5 Å². The van der Waals surface area contributed by atoms with Crippen molar-refractivity contribution in [3.63, 3.8) is 0 Å². The van der Waals surface area contributed by atoms with Crippen LogP contribution in [0.15, 0.2) is 42.5 Å². The lowest BCUT2D eigenvalue weighted by molar-refractivity contribution is -0.917. The molecule has 6 heteroatoms. The van der Waals surface area contributed by atoms with Crippen LogP contribution in [0.5, 0.6) is 11.5 Å². The molecule has 0 spiro atoms. The fourth-order valence-corrected chi connectivity index (χ4v) is 4.84. The molecule has 1 saturated carbocycles. The van der Waals surface area contributed by atoms with E-state index in [1.807, 2.05) is 36.4 Å². The van der Waals surface area contributed by atoms with E-state index in [0.717, 1.165) is 69.0 Å². The molecule has 0 aromatic heterocycles. The fourth-order valence-electron chi connectivity index (χ4n) is 4.71. The summed E-state index contributed by atoms with van der Waals surface area (Å²) >= 11 is 6.06. The fraction of sp³-hybridized carbons (Fsp3) is 0.458. The number of nitrogens with zero attached hydrogens (tertiary/aromatic N) is 1. The predicted molar refractivity (Wildman–Crippen MR) is 118 cm³/mol. The normalized spacial score (nSPS) is 18.6. The van der Waals surface area contributed by atoms with Gasteiger partial charge in [-0.1, -0.05) is 30.2 Å². The highest BCUT2D eigenvalue weighted by molar-refractivity contribution is 6.30. The highest BCUT2D eigenvalue weighted by atomic mass is 35.5. The summed E-state index contributed by atoms with van der Waals surface area (Å²) < 4.78 is 10.8. The number of carbonyl (C=O) groups is 1. The summed E-state index contributed by atoms with van der Waals surface area (Å²) in [5.74, 6) is 1.80. The maximum absolute atomic E-state index is 13.5. The zero-order valence-electron chi connectivity index (χ0n) is 17.7. The molecule has 0 unspecified atom stereocenters. The molecule has 0 atom stereocenters. The molecule has 0 bridgehead atoms.